The molecule has 2 aromatic rings. The van der Waals surface area contributed by atoms with Crippen LogP contribution in [0.2, 0.25) is 10.0 Å². The van der Waals surface area contributed by atoms with E-state index in [4.69, 9.17) is 23.2 Å². The molecule has 0 saturated heterocycles. The van der Waals surface area contributed by atoms with Crippen LogP contribution in [-0.2, 0) is 10.0 Å². The summed E-state index contributed by atoms with van der Waals surface area (Å²) >= 11 is 11.5. The number of nitrogens with one attached hydrogen (secondary N) is 3. The molecular weight excluding hydrogens is 325 g/mol. The van der Waals surface area contributed by atoms with Gasteiger partial charge in [0.15, 0.2) is 0 Å². The van der Waals surface area contributed by atoms with Gasteiger partial charge in [-0.2, -0.15) is 0 Å². The van der Waals surface area contributed by atoms with Crippen molar-refractivity contribution in [3.63, 3.8) is 0 Å². The molecule has 0 spiro atoms. The van der Waals surface area contributed by atoms with Crippen LogP contribution in [0.4, 0.5) is 0 Å². The predicted octanol–water partition coefficient (Wildman–Crippen LogP) is 1.94. The lowest BCUT2D eigenvalue weighted by Gasteiger charge is -2.08. The molecule has 1 aromatic carbocycles. The van der Waals surface area contributed by atoms with Crippen LogP contribution in [0.25, 0.3) is 0 Å². The van der Waals surface area contributed by atoms with Gasteiger partial charge >= 0.3 is 0 Å². The van der Waals surface area contributed by atoms with Crippen molar-refractivity contribution in [2.45, 2.75) is 4.90 Å². The number of rotatable bonds is 4. The van der Waals surface area contributed by atoms with Crippen molar-refractivity contribution in [3.8, 4) is 0 Å². The Bertz CT molecular complexity index is 729. The molecule has 1 amide bonds. The zero-order valence-corrected chi connectivity index (χ0v) is 12.2. The lowest BCUT2D eigenvalue weighted by Crippen LogP contribution is -2.41. The summed E-state index contributed by atoms with van der Waals surface area (Å²) in [5, 5.41) is 0.339. The maximum atomic E-state index is 11.9. The lowest BCUT2D eigenvalue weighted by atomic mass is 10.4. The van der Waals surface area contributed by atoms with E-state index in [1.54, 1.807) is 12.3 Å². The summed E-state index contributed by atoms with van der Waals surface area (Å²) in [5.41, 5.74) is 2.30. The van der Waals surface area contributed by atoms with Crippen molar-refractivity contribution in [1.29, 1.82) is 0 Å². The number of hydrogen-bond acceptors (Lipinski definition) is 3. The van der Waals surface area contributed by atoms with E-state index < -0.39 is 15.9 Å². The number of carbonyl (C=O) groups is 1. The average molecular weight is 334 g/mol. The number of aromatic amines is 1. The minimum Gasteiger partial charge on any atom is -0.357 e. The van der Waals surface area contributed by atoms with E-state index in [0.717, 1.165) is 0 Å². The zero-order valence-electron chi connectivity index (χ0n) is 9.85. The standard InChI is InChI=1S/C11H9Cl2N3O3S/c12-8-4-3-7(6-9(8)13)20(18,19)16-15-11(17)10-2-1-5-14-10/h1-6,14,16H,(H,15,17). The molecule has 9 heteroatoms. The number of carbonyl (C=O) groups excluding carboxylic acids is 1. The van der Waals surface area contributed by atoms with Gasteiger partial charge < -0.3 is 4.98 Å². The Hall–Kier alpha value is -1.54. The summed E-state index contributed by atoms with van der Waals surface area (Å²) in [6.45, 7) is 0. The predicted molar refractivity (Wildman–Crippen MR) is 75.0 cm³/mol. The summed E-state index contributed by atoms with van der Waals surface area (Å²) in [4.78, 5) is 16.1. The maximum Gasteiger partial charge on any atom is 0.282 e. The van der Waals surface area contributed by atoms with Gasteiger partial charge in [-0.25, -0.2) is 8.42 Å². The first kappa shape index (κ1) is 14.9. The van der Waals surface area contributed by atoms with Crippen LogP contribution in [0.1, 0.15) is 10.5 Å². The molecule has 0 unspecified atom stereocenters. The number of halogens is 2. The largest absolute Gasteiger partial charge is 0.357 e. The molecule has 1 heterocycles. The third-order valence-corrected chi connectivity index (χ3v) is 4.33. The molecule has 0 saturated carbocycles. The Morgan fingerprint density at radius 2 is 1.90 bits per heavy atom. The van der Waals surface area contributed by atoms with Gasteiger partial charge in [0.2, 0.25) is 0 Å². The SMILES string of the molecule is O=C(NNS(=O)(=O)c1ccc(Cl)c(Cl)c1)c1ccc[nH]1. The maximum absolute atomic E-state index is 11.9. The lowest BCUT2D eigenvalue weighted by molar-refractivity contribution is 0.0940. The number of aromatic nitrogens is 1. The molecule has 0 aliphatic rings. The van der Waals surface area contributed by atoms with E-state index in [2.05, 4.69) is 10.4 Å². The second-order valence-electron chi connectivity index (χ2n) is 3.72. The molecule has 3 N–H and O–H groups in total. The summed E-state index contributed by atoms with van der Waals surface area (Å²) in [6, 6.07) is 6.93. The fourth-order valence-corrected chi connectivity index (χ4v) is 2.58. The highest BCUT2D eigenvalue weighted by atomic mass is 35.5. The summed E-state index contributed by atoms with van der Waals surface area (Å²) < 4.78 is 23.9. The number of benzene rings is 1. The Morgan fingerprint density at radius 1 is 1.15 bits per heavy atom. The van der Waals surface area contributed by atoms with Crippen molar-refractivity contribution in [3.05, 3.63) is 52.3 Å². The molecule has 0 atom stereocenters. The molecular formula is C11H9Cl2N3O3S. The highest BCUT2D eigenvalue weighted by molar-refractivity contribution is 7.89. The first-order valence-electron chi connectivity index (χ1n) is 5.31. The van der Waals surface area contributed by atoms with Gasteiger partial charge in [-0.1, -0.05) is 23.2 Å². The van der Waals surface area contributed by atoms with Crippen molar-refractivity contribution in [1.82, 2.24) is 15.2 Å². The number of amides is 1. The molecule has 0 aliphatic heterocycles. The second-order valence-corrected chi connectivity index (χ2v) is 6.22. The van der Waals surface area contributed by atoms with Gasteiger partial charge in [0.25, 0.3) is 15.9 Å². The van der Waals surface area contributed by atoms with Crippen molar-refractivity contribution in [2.24, 2.45) is 0 Å². The smallest absolute Gasteiger partial charge is 0.282 e. The van der Waals surface area contributed by atoms with Crippen LogP contribution in [0.5, 0.6) is 0 Å². The van der Waals surface area contributed by atoms with E-state index in [1.165, 1.54) is 24.3 Å². The molecule has 106 valence electrons. The highest BCUT2D eigenvalue weighted by Gasteiger charge is 2.17. The molecule has 6 nitrogen and oxygen atoms in total. The molecule has 2 rings (SSSR count). The molecule has 0 radical (unpaired) electrons. The fourth-order valence-electron chi connectivity index (χ4n) is 1.36. The van der Waals surface area contributed by atoms with Crippen LogP contribution in [0.3, 0.4) is 0 Å². The van der Waals surface area contributed by atoms with Crippen LogP contribution < -0.4 is 10.3 Å². The van der Waals surface area contributed by atoms with Crippen molar-refractivity contribution < 1.29 is 13.2 Å². The Kier molecular flexibility index (Phi) is 4.34. The summed E-state index contributed by atoms with van der Waals surface area (Å²) in [5.74, 6) is -0.612. The normalized spacial score (nSPS) is 11.3. The quantitative estimate of drug-likeness (QED) is 0.747. The molecule has 0 aliphatic carbocycles. The van der Waals surface area contributed by atoms with Crippen LogP contribution >= 0.6 is 23.2 Å². The Morgan fingerprint density at radius 3 is 2.50 bits per heavy atom. The number of sulfonamides is 1. The molecule has 1 aromatic heterocycles. The number of H-pyrrole nitrogens is 1. The highest BCUT2D eigenvalue weighted by Crippen LogP contribution is 2.24. The Balaban J connectivity index is 2.11. The average Bonchev–Trinajstić information content (AvgIpc) is 2.93. The first-order chi connectivity index (χ1) is 9.40. The number of hydrogen-bond donors (Lipinski definition) is 3. The van der Waals surface area contributed by atoms with E-state index in [9.17, 15) is 13.2 Å². The second kappa shape index (κ2) is 5.84. The van der Waals surface area contributed by atoms with Crippen LogP contribution in [0.15, 0.2) is 41.4 Å². The minimum atomic E-state index is -3.92. The van der Waals surface area contributed by atoms with Crippen molar-refractivity contribution in [2.75, 3.05) is 0 Å². The molecule has 0 bridgehead atoms. The van der Waals surface area contributed by atoms with Gasteiger partial charge in [-0.15, -0.1) is 4.83 Å². The number of hydrazine groups is 1. The fraction of sp³-hybridized carbons (Fsp3) is 0. The van der Waals surface area contributed by atoms with Gasteiger partial charge in [0.1, 0.15) is 5.69 Å². The third-order valence-electron chi connectivity index (χ3n) is 2.34. The van der Waals surface area contributed by atoms with E-state index in [0.29, 0.717) is 0 Å². The Labute approximate surface area is 125 Å². The van der Waals surface area contributed by atoms with Gasteiger partial charge in [0, 0.05) is 6.20 Å². The first-order valence-corrected chi connectivity index (χ1v) is 7.54. The van der Waals surface area contributed by atoms with Gasteiger partial charge in [-0.3, -0.25) is 10.2 Å². The topological polar surface area (TPSA) is 91.1 Å². The van der Waals surface area contributed by atoms with Crippen molar-refractivity contribution >= 4 is 39.1 Å². The monoisotopic (exact) mass is 333 g/mol. The van der Waals surface area contributed by atoms with E-state index >= 15 is 0 Å². The third kappa shape index (κ3) is 3.31. The minimum absolute atomic E-state index is 0.102. The van der Waals surface area contributed by atoms with Gasteiger partial charge in [0.05, 0.1) is 14.9 Å². The van der Waals surface area contributed by atoms with Crippen LogP contribution in [-0.4, -0.2) is 19.3 Å². The summed E-state index contributed by atoms with van der Waals surface area (Å²) in [7, 11) is -3.92. The van der Waals surface area contributed by atoms with E-state index in [1.807, 2.05) is 4.83 Å². The molecule has 0 fully saturated rings. The van der Waals surface area contributed by atoms with E-state index in [-0.39, 0.29) is 20.6 Å². The molecule has 20 heavy (non-hydrogen) atoms. The summed E-state index contributed by atoms with van der Waals surface area (Å²) in [6.07, 6.45) is 1.54. The van der Waals surface area contributed by atoms with Gasteiger partial charge in [-0.05, 0) is 30.3 Å². The van der Waals surface area contributed by atoms with Crippen LogP contribution in [0, 0.1) is 0 Å². The zero-order chi connectivity index (χ0) is 14.8.